The molecule has 3 nitrogen and oxygen atoms in total. The van der Waals surface area contributed by atoms with E-state index >= 15 is 0 Å². The molecule has 0 aliphatic carbocycles. The Labute approximate surface area is 94.5 Å². The summed E-state index contributed by atoms with van der Waals surface area (Å²) in [5.41, 5.74) is 2.39. The van der Waals surface area contributed by atoms with E-state index in [0.717, 1.165) is 11.6 Å². The molecule has 2 rings (SSSR count). The molecule has 0 saturated carbocycles. The summed E-state index contributed by atoms with van der Waals surface area (Å²) in [6.45, 7) is 6.28. The van der Waals surface area contributed by atoms with Crippen LogP contribution >= 0.6 is 11.9 Å². The van der Waals surface area contributed by atoms with Crippen molar-refractivity contribution in [1.29, 1.82) is 0 Å². The third kappa shape index (κ3) is 2.45. The first kappa shape index (κ1) is 10.4. The average Bonchev–Trinajstić information content (AvgIpc) is 2.17. The molecule has 0 bridgehead atoms. The maximum absolute atomic E-state index is 4.36. The number of benzene rings is 1. The van der Waals surface area contributed by atoms with Crippen LogP contribution < -0.4 is 10.6 Å². The molecule has 0 radical (unpaired) electrons. The van der Waals surface area contributed by atoms with Crippen molar-refractivity contribution in [2.45, 2.75) is 31.7 Å². The first-order valence-electron chi connectivity index (χ1n) is 5.04. The van der Waals surface area contributed by atoms with Gasteiger partial charge in [0, 0.05) is 18.0 Å². The van der Waals surface area contributed by atoms with E-state index in [2.05, 4.69) is 54.0 Å². The molecule has 0 fully saturated rings. The summed E-state index contributed by atoms with van der Waals surface area (Å²) < 4.78 is 4.36. The van der Waals surface area contributed by atoms with E-state index in [1.165, 1.54) is 22.4 Å². The predicted octanol–water partition coefficient (Wildman–Crippen LogP) is 2.78. The van der Waals surface area contributed by atoms with Gasteiger partial charge in [-0.2, -0.15) is 4.40 Å². The molecule has 2 N–H and O–H groups in total. The van der Waals surface area contributed by atoms with Gasteiger partial charge in [-0.3, -0.25) is 0 Å². The van der Waals surface area contributed by atoms with Gasteiger partial charge in [-0.1, -0.05) is 6.07 Å². The number of anilines is 1. The molecule has 0 saturated heterocycles. The van der Waals surface area contributed by atoms with Crippen LogP contribution in [0, 0.1) is 6.92 Å². The van der Waals surface area contributed by atoms with Crippen molar-refractivity contribution in [3.05, 3.63) is 23.8 Å². The lowest BCUT2D eigenvalue weighted by Gasteiger charge is -2.20. The molecule has 80 valence electrons. The van der Waals surface area contributed by atoms with Crippen LogP contribution in [0.1, 0.15) is 19.4 Å². The highest BCUT2D eigenvalue weighted by molar-refractivity contribution is 7.98. The molecule has 0 atom stereocenters. The quantitative estimate of drug-likeness (QED) is 0.716. The number of fused-ring (bicyclic) bond motifs is 1. The lowest BCUT2D eigenvalue weighted by Crippen LogP contribution is -2.36. The maximum atomic E-state index is 4.36. The number of hydrogen-bond donors (Lipinski definition) is 2. The Morgan fingerprint density at radius 1 is 1.40 bits per heavy atom. The molecule has 0 amide bonds. The van der Waals surface area contributed by atoms with Gasteiger partial charge in [0.2, 0.25) is 5.96 Å². The molecule has 1 aliphatic heterocycles. The summed E-state index contributed by atoms with van der Waals surface area (Å²) in [5.74, 6) is 0.839. The van der Waals surface area contributed by atoms with Gasteiger partial charge in [0.05, 0.1) is 10.6 Å². The van der Waals surface area contributed by atoms with E-state index < -0.39 is 0 Å². The first-order chi connectivity index (χ1) is 7.15. The van der Waals surface area contributed by atoms with Crippen LogP contribution in [0.15, 0.2) is 27.5 Å². The lowest BCUT2D eigenvalue weighted by molar-refractivity contribution is 0.732. The zero-order valence-corrected chi connectivity index (χ0v) is 9.98. The third-order valence-electron chi connectivity index (χ3n) is 2.05. The Morgan fingerprint density at radius 3 is 2.93 bits per heavy atom. The van der Waals surface area contributed by atoms with Gasteiger partial charge in [-0.05, 0) is 38.5 Å². The van der Waals surface area contributed by atoms with Gasteiger partial charge < -0.3 is 10.6 Å². The van der Waals surface area contributed by atoms with Gasteiger partial charge in [-0.15, -0.1) is 0 Å². The summed E-state index contributed by atoms with van der Waals surface area (Å²) in [4.78, 5) is 1.18. The molecule has 0 unspecified atom stereocenters. The van der Waals surface area contributed by atoms with Crippen LogP contribution in [0.5, 0.6) is 0 Å². The largest absolute Gasteiger partial charge is 0.353 e. The van der Waals surface area contributed by atoms with Crippen LogP contribution in [-0.2, 0) is 0 Å². The number of aryl methyl sites for hydroxylation is 1. The van der Waals surface area contributed by atoms with Gasteiger partial charge in [0.1, 0.15) is 0 Å². The third-order valence-corrected chi connectivity index (χ3v) is 2.86. The summed E-state index contributed by atoms with van der Waals surface area (Å²) in [6, 6.07) is 6.73. The van der Waals surface area contributed by atoms with Crippen LogP contribution in [0.25, 0.3) is 0 Å². The normalized spacial score (nSPS) is 14.3. The van der Waals surface area contributed by atoms with Crippen molar-refractivity contribution < 1.29 is 0 Å². The summed E-state index contributed by atoms with van der Waals surface area (Å²) in [6.07, 6.45) is 0. The van der Waals surface area contributed by atoms with E-state index in [0.29, 0.717) is 6.04 Å². The molecule has 0 aromatic heterocycles. The highest BCUT2D eigenvalue weighted by atomic mass is 32.2. The van der Waals surface area contributed by atoms with Gasteiger partial charge >= 0.3 is 0 Å². The number of guanidine groups is 1. The minimum atomic E-state index is 0.392. The molecule has 0 spiro atoms. The van der Waals surface area contributed by atoms with Crippen LogP contribution in [0.2, 0.25) is 0 Å². The van der Waals surface area contributed by atoms with Gasteiger partial charge in [0.15, 0.2) is 0 Å². The number of nitrogens with zero attached hydrogens (tertiary/aromatic N) is 1. The van der Waals surface area contributed by atoms with E-state index in [4.69, 9.17) is 0 Å². The predicted molar refractivity (Wildman–Crippen MR) is 66.4 cm³/mol. The SMILES string of the molecule is Cc1ccc2c(c1)SN=C(NC(C)C)N2. The Hall–Kier alpha value is -1.16. The second kappa shape index (κ2) is 4.14. The Morgan fingerprint density at radius 2 is 2.20 bits per heavy atom. The second-order valence-corrected chi connectivity index (χ2v) is 4.76. The fourth-order valence-corrected chi connectivity index (χ4v) is 2.13. The molecular formula is C11H15N3S. The summed E-state index contributed by atoms with van der Waals surface area (Å²) >= 11 is 1.52. The number of hydrogen-bond acceptors (Lipinski definition) is 4. The monoisotopic (exact) mass is 221 g/mol. The molecule has 15 heavy (non-hydrogen) atoms. The van der Waals surface area contributed by atoms with Crippen molar-refractivity contribution in [2.24, 2.45) is 4.40 Å². The van der Waals surface area contributed by atoms with Crippen molar-refractivity contribution in [3.8, 4) is 0 Å². The van der Waals surface area contributed by atoms with E-state index in [1.807, 2.05) is 0 Å². The van der Waals surface area contributed by atoms with E-state index in [9.17, 15) is 0 Å². The smallest absolute Gasteiger partial charge is 0.208 e. The molecule has 1 heterocycles. The first-order valence-corrected chi connectivity index (χ1v) is 5.82. The zero-order chi connectivity index (χ0) is 10.8. The topological polar surface area (TPSA) is 36.4 Å². The lowest BCUT2D eigenvalue weighted by atomic mass is 10.2. The standard InChI is InChI=1S/C11H15N3S/c1-7(2)12-11-13-9-5-4-8(3)6-10(9)15-14-11/h4-7H,1-3H3,(H2,12,13,14). The van der Waals surface area contributed by atoms with Gasteiger partial charge in [-0.25, -0.2) is 0 Å². The molecule has 1 aliphatic rings. The summed E-state index contributed by atoms with van der Waals surface area (Å²) in [5, 5.41) is 6.53. The van der Waals surface area contributed by atoms with Crippen LogP contribution in [-0.4, -0.2) is 12.0 Å². The van der Waals surface area contributed by atoms with E-state index in [-0.39, 0.29) is 0 Å². The van der Waals surface area contributed by atoms with Crippen molar-refractivity contribution in [3.63, 3.8) is 0 Å². The minimum Gasteiger partial charge on any atom is -0.353 e. The Bertz CT molecular complexity index is 399. The molecule has 1 aromatic rings. The number of rotatable bonds is 1. The average molecular weight is 221 g/mol. The fourth-order valence-electron chi connectivity index (χ4n) is 1.39. The number of nitrogens with one attached hydrogen (secondary N) is 2. The Kier molecular flexibility index (Phi) is 2.86. The van der Waals surface area contributed by atoms with Crippen molar-refractivity contribution in [2.75, 3.05) is 5.32 Å². The van der Waals surface area contributed by atoms with Crippen molar-refractivity contribution >= 4 is 23.6 Å². The Balaban J connectivity index is 2.16. The molecule has 1 aromatic carbocycles. The second-order valence-electron chi connectivity index (χ2n) is 3.95. The van der Waals surface area contributed by atoms with Crippen LogP contribution in [0.3, 0.4) is 0 Å². The zero-order valence-electron chi connectivity index (χ0n) is 9.16. The van der Waals surface area contributed by atoms with E-state index in [1.54, 1.807) is 0 Å². The molecule has 4 heteroatoms. The van der Waals surface area contributed by atoms with Crippen LogP contribution in [0.4, 0.5) is 5.69 Å². The highest BCUT2D eigenvalue weighted by Gasteiger charge is 2.12. The molecular weight excluding hydrogens is 206 g/mol. The van der Waals surface area contributed by atoms with Gasteiger partial charge in [0.25, 0.3) is 0 Å². The summed E-state index contributed by atoms with van der Waals surface area (Å²) in [7, 11) is 0. The minimum absolute atomic E-state index is 0.392. The fraction of sp³-hybridized carbons (Fsp3) is 0.364. The van der Waals surface area contributed by atoms with Crippen molar-refractivity contribution in [1.82, 2.24) is 5.32 Å². The maximum Gasteiger partial charge on any atom is 0.208 e. The highest BCUT2D eigenvalue weighted by Crippen LogP contribution is 2.32.